The van der Waals surface area contributed by atoms with Crippen molar-refractivity contribution < 1.29 is 17.7 Å². The van der Waals surface area contributed by atoms with Crippen LogP contribution in [0.5, 0.6) is 0 Å². The molecule has 0 aliphatic heterocycles. The van der Waals surface area contributed by atoms with Crippen LogP contribution >= 0.6 is 0 Å². The minimum Gasteiger partial charge on any atom is -0.394 e. The zero-order valence-electron chi connectivity index (χ0n) is 16.4. The van der Waals surface area contributed by atoms with Gasteiger partial charge in [-0.1, -0.05) is 60.7 Å². The van der Waals surface area contributed by atoms with Crippen molar-refractivity contribution >= 4 is 39.6 Å². The van der Waals surface area contributed by atoms with Gasteiger partial charge in [-0.2, -0.15) is 0 Å². The highest BCUT2D eigenvalue weighted by molar-refractivity contribution is 6.80. The van der Waals surface area contributed by atoms with Gasteiger partial charge >= 0.3 is 17.1 Å². The van der Waals surface area contributed by atoms with E-state index in [2.05, 4.69) is 60.7 Å². The molecule has 0 fully saturated rings. The molecular weight excluding hydrogens is 360 g/mol. The van der Waals surface area contributed by atoms with Gasteiger partial charge in [0.2, 0.25) is 0 Å². The summed E-state index contributed by atoms with van der Waals surface area (Å²) < 4.78 is 22.3. The number of rotatable bonds is 8. The van der Waals surface area contributed by atoms with Gasteiger partial charge in [-0.15, -0.1) is 0 Å². The van der Waals surface area contributed by atoms with Gasteiger partial charge in [0.15, 0.2) is 0 Å². The van der Waals surface area contributed by atoms with Crippen LogP contribution in [0.25, 0.3) is 12.2 Å². The Balaban J connectivity index is 2.13. The average molecular weight is 389 g/mol. The lowest BCUT2D eigenvalue weighted by molar-refractivity contribution is 0.265. The largest absolute Gasteiger partial charge is 0.394 e. The molecule has 2 aromatic carbocycles. The third-order valence-electron chi connectivity index (χ3n) is 4.90. The second-order valence-corrected chi connectivity index (χ2v) is 12.9. The van der Waals surface area contributed by atoms with Crippen molar-refractivity contribution in [2.75, 3.05) is 28.4 Å². The Morgan fingerprint density at radius 1 is 0.538 bits per heavy atom. The highest BCUT2D eigenvalue weighted by Crippen LogP contribution is 2.11. The molecule has 2 aromatic rings. The van der Waals surface area contributed by atoms with E-state index in [0.29, 0.717) is 0 Å². The highest BCUT2D eigenvalue weighted by Gasteiger charge is 2.32. The Morgan fingerprint density at radius 3 is 1.04 bits per heavy atom. The first-order chi connectivity index (χ1) is 12.4. The summed E-state index contributed by atoms with van der Waals surface area (Å²) >= 11 is 0. The summed E-state index contributed by atoms with van der Waals surface area (Å²) in [7, 11) is 2.29. The predicted octanol–water partition coefficient (Wildman–Crippen LogP) is 3.00. The van der Waals surface area contributed by atoms with Gasteiger partial charge in [-0.05, 0) is 34.6 Å². The molecule has 0 aliphatic carbocycles. The fraction of sp³-hybridized carbons (Fsp3) is 0.300. The first-order valence-electron chi connectivity index (χ1n) is 8.50. The maximum absolute atomic E-state index is 5.58. The number of hydrogen-bond acceptors (Lipinski definition) is 4. The molecular formula is C20H28O4Si2. The van der Waals surface area contributed by atoms with E-state index in [1.165, 1.54) is 0 Å². The normalized spacial score (nSPS) is 12.7. The third-order valence-corrected chi connectivity index (χ3v) is 10.8. The molecule has 0 aromatic heterocycles. The van der Waals surface area contributed by atoms with Crippen LogP contribution in [-0.2, 0) is 17.7 Å². The van der Waals surface area contributed by atoms with E-state index in [0.717, 1.165) is 21.5 Å². The van der Waals surface area contributed by atoms with Crippen LogP contribution in [0.1, 0.15) is 11.1 Å². The van der Waals surface area contributed by atoms with Crippen molar-refractivity contribution in [2.45, 2.75) is 13.1 Å². The molecule has 0 unspecified atom stereocenters. The molecule has 2 rings (SSSR count). The fourth-order valence-corrected chi connectivity index (χ4v) is 5.44. The van der Waals surface area contributed by atoms with Crippen molar-refractivity contribution in [1.82, 2.24) is 0 Å². The summed E-state index contributed by atoms with van der Waals surface area (Å²) in [5, 5.41) is 2.24. The van der Waals surface area contributed by atoms with Gasteiger partial charge in [0.25, 0.3) is 0 Å². The maximum atomic E-state index is 5.58. The van der Waals surface area contributed by atoms with Crippen molar-refractivity contribution in [3.05, 3.63) is 59.7 Å². The van der Waals surface area contributed by atoms with Gasteiger partial charge < -0.3 is 17.7 Å². The summed E-state index contributed by atoms with van der Waals surface area (Å²) in [5.41, 5.74) is 2.27. The van der Waals surface area contributed by atoms with Crippen molar-refractivity contribution in [2.24, 2.45) is 0 Å². The Bertz CT molecular complexity index is 655. The molecule has 0 radical (unpaired) electrons. The molecule has 140 valence electrons. The molecule has 0 aliphatic rings. The summed E-state index contributed by atoms with van der Waals surface area (Å²) in [6.07, 6.45) is 4.20. The molecule has 0 atom stereocenters. The number of benzene rings is 2. The molecule has 0 saturated carbocycles. The average Bonchev–Trinajstić information content (AvgIpc) is 2.71. The van der Waals surface area contributed by atoms with Crippen LogP contribution in [0.2, 0.25) is 13.1 Å². The van der Waals surface area contributed by atoms with E-state index < -0.39 is 17.1 Å². The molecule has 0 heterocycles. The van der Waals surface area contributed by atoms with Crippen LogP contribution in [0.3, 0.4) is 0 Å². The van der Waals surface area contributed by atoms with Crippen LogP contribution in [0.15, 0.2) is 48.5 Å². The van der Waals surface area contributed by atoms with Crippen LogP contribution in [0.4, 0.5) is 0 Å². The second kappa shape index (κ2) is 8.90. The first kappa shape index (κ1) is 20.8. The van der Waals surface area contributed by atoms with Gasteiger partial charge in [-0.25, -0.2) is 0 Å². The lowest BCUT2D eigenvalue weighted by Gasteiger charge is -2.23. The van der Waals surface area contributed by atoms with Gasteiger partial charge in [-0.3, -0.25) is 0 Å². The summed E-state index contributed by atoms with van der Waals surface area (Å²) in [5.74, 6) is 0. The quantitative estimate of drug-likeness (QED) is 0.515. The lowest BCUT2D eigenvalue weighted by Crippen LogP contribution is -2.49. The third kappa shape index (κ3) is 4.59. The lowest BCUT2D eigenvalue weighted by atomic mass is 10.1. The topological polar surface area (TPSA) is 36.9 Å². The van der Waals surface area contributed by atoms with E-state index in [1.807, 2.05) is 13.1 Å². The number of hydrogen-bond donors (Lipinski definition) is 0. The Labute approximate surface area is 158 Å². The van der Waals surface area contributed by atoms with Crippen LogP contribution in [-0.4, -0.2) is 45.6 Å². The van der Waals surface area contributed by atoms with Crippen molar-refractivity contribution in [1.29, 1.82) is 0 Å². The molecule has 0 N–H and O–H groups in total. The highest BCUT2D eigenvalue weighted by atomic mass is 28.4. The zero-order valence-corrected chi connectivity index (χ0v) is 18.4. The molecule has 6 heteroatoms. The molecule has 4 nitrogen and oxygen atoms in total. The van der Waals surface area contributed by atoms with Gasteiger partial charge in [0.05, 0.1) is 0 Å². The van der Waals surface area contributed by atoms with Gasteiger partial charge in [0, 0.05) is 28.4 Å². The smallest absolute Gasteiger partial charge is 0.368 e. The second-order valence-electron chi connectivity index (χ2n) is 6.29. The molecule has 0 spiro atoms. The molecule has 0 amide bonds. The minimum absolute atomic E-state index is 1.12. The summed E-state index contributed by atoms with van der Waals surface area (Å²) in [6, 6.07) is 16.7. The molecule has 0 saturated heterocycles. The van der Waals surface area contributed by atoms with E-state index in [4.69, 9.17) is 17.7 Å². The zero-order chi connectivity index (χ0) is 19.2. The molecule has 26 heavy (non-hydrogen) atoms. The first-order valence-corrected chi connectivity index (χ1v) is 13.1. The van der Waals surface area contributed by atoms with E-state index in [9.17, 15) is 0 Å². The van der Waals surface area contributed by atoms with Crippen LogP contribution in [0, 0.1) is 0 Å². The summed E-state index contributed by atoms with van der Waals surface area (Å²) in [6.45, 7) is 4.08. The SMILES string of the molecule is CO[Si](C)(OC)c1ccc(/C=C/c2ccc([Si](C)(OC)OC)cc2)cc1. The molecule has 0 bridgehead atoms. The monoisotopic (exact) mass is 388 g/mol. The van der Waals surface area contributed by atoms with Gasteiger partial charge in [0.1, 0.15) is 0 Å². The van der Waals surface area contributed by atoms with Crippen molar-refractivity contribution in [3.8, 4) is 0 Å². The Morgan fingerprint density at radius 2 is 0.808 bits per heavy atom. The standard InChI is InChI=1S/C20H28O4Si2/c1-21-25(5,22-2)19-13-9-17(10-14-19)7-8-18-11-15-20(16-12-18)26(6,23-3)24-4/h7-16H,1-6H3/b8-7+. The fourth-order valence-electron chi connectivity index (χ4n) is 2.62. The van der Waals surface area contributed by atoms with E-state index in [1.54, 1.807) is 28.4 Å². The van der Waals surface area contributed by atoms with E-state index >= 15 is 0 Å². The summed E-state index contributed by atoms with van der Waals surface area (Å²) in [4.78, 5) is 0. The van der Waals surface area contributed by atoms with Crippen molar-refractivity contribution in [3.63, 3.8) is 0 Å². The predicted molar refractivity (Wildman–Crippen MR) is 112 cm³/mol. The van der Waals surface area contributed by atoms with Crippen LogP contribution < -0.4 is 10.4 Å². The maximum Gasteiger partial charge on any atom is 0.368 e. The van der Waals surface area contributed by atoms with E-state index in [-0.39, 0.29) is 0 Å². The Kier molecular flexibility index (Phi) is 7.11. The minimum atomic E-state index is -2.26. The Hall–Kier alpha value is -1.55.